The highest BCUT2D eigenvalue weighted by molar-refractivity contribution is 7.17. The summed E-state index contributed by atoms with van der Waals surface area (Å²) < 4.78 is 12.6. The summed E-state index contributed by atoms with van der Waals surface area (Å²) in [6, 6.07) is 69.4. The Labute approximate surface area is 526 Å². The zero-order valence-corrected chi connectivity index (χ0v) is 53.5. The van der Waals surface area contributed by atoms with E-state index in [-0.39, 0.29) is 0 Å². The van der Waals surface area contributed by atoms with Crippen LogP contribution in [0, 0.1) is 11.8 Å². The molecule has 10 rings (SSSR count). The molecule has 9 heteroatoms. The highest BCUT2D eigenvalue weighted by atomic mass is 32.1. The van der Waals surface area contributed by atoms with Crippen LogP contribution in [-0.4, -0.2) is 28.2 Å². The minimum Gasteiger partial charge on any atom is -0.493 e. The zero-order valence-electron chi connectivity index (χ0n) is 51.8. The molecule has 0 radical (unpaired) electrons. The first kappa shape index (κ1) is 62.1. The maximum absolute atomic E-state index is 6.29. The van der Waals surface area contributed by atoms with Gasteiger partial charge in [0.2, 0.25) is 0 Å². The lowest BCUT2D eigenvalue weighted by atomic mass is 10.0. The van der Waals surface area contributed by atoms with E-state index < -0.39 is 0 Å². The average Bonchev–Trinajstić information content (AvgIpc) is 3.04. The van der Waals surface area contributed by atoms with E-state index in [1.807, 2.05) is 4.80 Å². The predicted octanol–water partition coefficient (Wildman–Crippen LogP) is 23.7. The molecule has 0 fully saturated rings. The number of rotatable bonds is 33. The van der Waals surface area contributed by atoms with Crippen LogP contribution in [0.5, 0.6) is 11.5 Å². The molecule has 0 spiro atoms. The Morgan fingerprint density at radius 2 is 0.770 bits per heavy atom. The van der Waals surface area contributed by atoms with Gasteiger partial charge in [-0.2, -0.15) is 15.0 Å². The monoisotopic (exact) mass is 1190 g/mol. The predicted molar refractivity (Wildman–Crippen MR) is 375 cm³/mol. The molecule has 3 aromatic heterocycles. The van der Waals surface area contributed by atoms with Crippen molar-refractivity contribution in [1.29, 1.82) is 0 Å². The fourth-order valence-corrected chi connectivity index (χ4v) is 13.1. The third kappa shape index (κ3) is 17.0. The van der Waals surface area contributed by atoms with Gasteiger partial charge >= 0.3 is 0 Å². The minimum atomic E-state index is 0.589. The Hall–Kier alpha value is -7.98. The number of aromatic nitrogens is 3. The van der Waals surface area contributed by atoms with E-state index in [2.05, 4.69) is 263 Å². The molecule has 0 saturated heterocycles. The Bertz CT molecular complexity index is 3460. The van der Waals surface area contributed by atoms with Gasteiger partial charge in [0.15, 0.2) is 0 Å². The Morgan fingerprint density at radius 1 is 0.391 bits per heavy atom. The van der Waals surface area contributed by atoms with Crippen LogP contribution in [-0.2, 0) is 6.54 Å². The van der Waals surface area contributed by atoms with Gasteiger partial charge < -0.3 is 19.3 Å². The van der Waals surface area contributed by atoms with Crippen molar-refractivity contribution in [1.82, 2.24) is 15.0 Å². The molecule has 7 aromatic carbocycles. The first-order valence-corrected chi connectivity index (χ1v) is 33.8. The number of para-hydroxylation sites is 2. The molecule has 87 heavy (non-hydrogen) atoms. The number of anilines is 6. The smallest absolute Gasteiger partial charge is 0.122 e. The molecule has 2 unspecified atom stereocenters. The quantitative estimate of drug-likeness (QED) is 0.0382. The summed E-state index contributed by atoms with van der Waals surface area (Å²) in [5.41, 5.74) is 13.0. The van der Waals surface area contributed by atoms with Crippen molar-refractivity contribution in [2.24, 2.45) is 11.8 Å². The second-order valence-corrected chi connectivity index (χ2v) is 25.2. The van der Waals surface area contributed by atoms with Crippen molar-refractivity contribution in [3.05, 3.63) is 215 Å². The van der Waals surface area contributed by atoms with Crippen molar-refractivity contribution in [3.63, 3.8) is 0 Å². The molecule has 0 amide bonds. The summed E-state index contributed by atoms with van der Waals surface area (Å²) in [4.78, 5) is 11.3. The first-order chi connectivity index (χ1) is 42.9. The summed E-state index contributed by atoms with van der Waals surface area (Å²) in [6.45, 7) is 13.6. The molecule has 0 aliphatic heterocycles. The number of unbranched alkanes of at least 4 members (excludes halogenated alkanes) is 7. The van der Waals surface area contributed by atoms with Crippen molar-refractivity contribution in [3.8, 4) is 32.4 Å². The molecule has 7 nitrogen and oxygen atoms in total. The van der Waals surface area contributed by atoms with Gasteiger partial charge in [-0.1, -0.05) is 190 Å². The number of ether oxygens (including phenoxy) is 2. The molecule has 0 aliphatic carbocycles. The summed E-state index contributed by atoms with van der Waals surface area (Å²) in [6.07, 6.45) is 25.9. The lowest BCUT2D eigenvalue weighted by Crippen LogP contribution is -2.12. The summed E-state index contributed by atoms with van der Waals surface area (Å²) >= 11 is 3.58. The number of hydrogen-bond acceptors (Lipinski definition) is 8. The standard InChI is InChI=1S/C78H87N5O2S2/c1-6-11-14-15-16-23-56-81-79-77-73(75-54-50-71(86-75)48-34-61-30-36-65(37-31-61)82(63-26-19-17-20-27-63)67-40-44-69(45-41-67)84-57-59(9-4)24-12-7-2)52-53-74(78(77)80-81)76-55-51-72(87-76)49-35-62-32-38-66(39-33-62)83(64-28-21-18-22-29-64)68-42-46-70(47-43-68)85-58-60(10-5)25-13-8-3/h17-22,26-55,59-60H,6-16,23-25,56-58H2,1-5H3/b48-34+,49-35+. The fourth-order valence-electron chi connectivity index (χ4n) is 11.2. The lowest BCUT2D eigenvalue weighted by Gasteiger charge is -2.26. The first-order valence-electron chi connectivity index (χ1n) is 32.2. The van der Waals surface area contributed by atoms with Crippen molar-refractivity contribution in [2.75, 3.05) is 23.0 Å². The van der Waals surface area contributed by atoms with E-state index in [9.17, 15) is 0 Å². The molecule has 3 heterocycles. The van der Waals surface area contributed by atoms with Gasteiger partial charge in [0, 0.05) is 64.8 Å². The minimum absolute atomic E-state index is 0.589. The van der Waals surface area contributed by atoms with E-state index in [4.69, 9.17) is 19.7 Å². The molecule has 0 saturated carbocycles. The SMILES string of the molecule is CCCCCCCCn1nc2c(-c3ccc(/C=C/c4ccc(N(c5ccccc5)c5ccc(OCC(CC)CCCC)cc5)cc4)s3)ccc(-c3ccc(/C=C/c4ccc(N(c5ccccc5)c5ccc(OCC(CC)CCCC)cc5)cc4)s3)c2n1. The fraction of sp³-hybridized carbons (Fsp3) is 0.308. The number of fused-ring (bicyclic) bond motifs is 1. The Kier molecular flexibility index (Phi) is 22.9. The van der Waals surface area contributed by atoms with Crippen LogP contribution in [0.3, 0.4) is 0 Å². The van der Waals surface area contributed by atoms with Gasteiger partial charge in [-0.15, -0.1) is 22.7 Å². The second kappa shape index (κ2) is 32.1. The summed E-state index contributed by atoms with van der Waals surface area (Å²) in [5.74, 6) is 3.01. The van der Waals surface area contributed by atoms with E-state index >= 15 is 0 Å². The molecule has 2 atom stereocenters. The normalized spacial score (nSPS) is 12.3. The molecular weight excluding hydrogens is 1100 g/mol. The van der Waals surface area contributed by atoms with E-state index in [0.29, 0.717) is 11.8 Å². The van der Waals surface area contributed by atoms with Crippen LogP contribution in [0.25, 0.3) is 56.2 Å². The maximum Gasteiger partial charge on any atom is 0.122 e. The molecule has 0 bridgehead atoms. The molecule has 0 aliphatic rings. The van der Waals surface area contributed by atoms with Crippen LogP contribution >= 0.6 is 22.7 Å². The number of benzene rings is 7. The summed E-state index contributed by atoms with van der Waals surface area (Å²) in [5, 5.41) is 10.5. The van der Waals surface area contributed by atoms with E-state index in [1.54, 1.807) is 22.7 Å². The number of hydrogen-bond donors (Lipinski definition) is 0. The highest BCUT2D eigenvalue weighted by Gasteiger charge is 2.19. The Morgan fingerprint density at radius 3 is 1.17 bits per heavy atom. The lowest BCUT2D eigenvalue weighted by molar-refractivity contribution is 0.233. The van der Waals surface area contributed by atoms with Gasteiger partial charge in [0.05, 0.1) is 19.8 Å². The van der Waals surface area contributed by atoms with Crippen molar-refractivity contribution < 1.29 is 9.47 Å². The summed E-state index contributed by atoms with van der Waals surface area (Å²) in [7, 11) is 0. The molecular formula is C78H87N5O2S2. The molecule has 10 aromatic rings. The van der Waals surface area contributed by atoms with E-state index in [1.165, 1.54) is 90.1 Å². The van der Waals surface area contributed by atoms with Crippen LogP contribution in [0.2, 0.25) is 0 Å². The van der Waals surface area contributed by atoms with Gasteiger partial charge in [-0.3, -0.25) is 0 Å². The third-order valence-electron chi connectivity index (χ3n) is 16.5. The van der Waals surface area contributed by atoms with Gasteiger partial charge in [0.25, 0.3) is 0 Å². The van der Waals surface area contributed by atoms with Crippen molar-refractivity contribution in [2.45, 2.75) is 131 Å². The Balaban J connectivity index is 0.835. The van der Waals surface area contributed by atoms with E-state index in [0.717, 1.165) is 118 Å². The molecule has 0 N–H and O–H groups in total. The topological polar surface area (TPSA) is 55.7 Å². The van der Waals surface area contributed by atoms with Gasteiger partial charge in [-0.25, -0.2) is 0 Å². The average molecular weight is 1190 g/mol. The number of nitrogens with zero attached hydrogens (tertiary/aromatic N) is 5. The van der Waals surface area contributed by atoms with Crippen molar-refractivity contribution >= 4 is 92.1 Å². The number of aryl methyl sites for hydroxylation is 1. The van der Waals surface area contributed by atoms with Crippen LogP contribution in [0.1, 0.15) is 145 Å². The third-order valence-corrected chi connectivity index (χ3v) is 18.7. The largest absolute Gasteiger partial charge is 0.493 e. The zero-order chi connectivity index (χ0) is 60.0. The van der Waals surface area contributed by atoms with Crippen LogP contribution in [0.15, 0.2) is 194 Å². The molecule has 448 valence electrons. The van der Waals surface area contributed by atoms with Crippen LogP contribution < -0.4 is 19.3 Å². The number of thiophene rings is 2. The van der Waals surface area contributed by atoms with Crippen LogP contribution in [0.4, 0.5) is 34.1 Å². The van der Waals surface area contributed by atoms with Gasteiger partial charge in [0.1, 0.15) is 22.5 Å². The van der Waals surface area contributed by atoms with Gasteiger partial charge in [-0.05, 0) is 176 Å². The second-order valence-electron chi connectivity index (χ2n) is 23.0. The highest BCUT2D eigenvalue weighted by Crippen LogP contribution is 2.41. The maximum atomic E-state index is 6.29.